The number of aliphatic hydroxyl groups is 1. The molecular formula is C9H11F2NO2. The van der Waals surface area contributed by atoms with Gasteiger partial charge in [0.05, 0.1) is 6.61 Å². The molecule has 5 heteroatoms. The molecule has 0 aliphatic rings. The van der Waals surface area contributed by atoms with Gasteiger partial charge in [-0.1, -0.05) is 0 Å². The van der Waals surface area contributed by atoms with E-state index in [1.165, 1.54) is 0 Å². The number of nitrogens with two attached hydrogens (primary N) is 1. The minimum atomic E-state index is -0.807. The van der Waals surface area contributed by atoms with Crippen molar-refractivity contribution in [3.63, 3.8) is 0 Å². The van der Waals surface area contributed by atoms with Crippen LogP contribution >= 0.6 is 0 Å². The Morgan fingerprint density at radius 1 is 1.29 bits per heavy atom. The molecule has 0 saturated carbocycles. The van der Waals surface area contributed by atoms with E-state index in [2.05, 4.69) is 4.74 Å². The third-order valence-electron chi connectivity index (χ3n) is 1.63. The third-order valence-corrected chi connectivity index (χ3v) is 1.63. The van der Waals surface area contributed by atoms with Crippen molar-refractivity contribution in [1.82, 2.24) is 0 Å². The quantitative estimate of drug-likeness (QED) is 0.760. The van der Waals surface area contributed by atoms with Gasteiger partial charge in [0, 0.05) is 6.54 Å². The lowest BCUT2D eigenvalue weighted by Gasteiger charge is -2.07. The molecule has 0 aliphatic heterocycles. The molecule has 3 nitrogen and oxygen atoms in total. The van der Waals surface area contributed by atoms with E-state index in [1.807, 2.05) is 0 Å². The average Bonchev–Trinajstić information content (AvgIpc) is 2.16. The first-order chi connectivity index (χ1) is 6.69. The second-order valence-electron chi connectivity index (χ2n) is 2.66. The lowest BCUT2D eigenvalue weighted by atomic mass is 10.2. The van der Waals surface area contributed by atoms with Gasteiger partial charge in [0.25, 0.3) is 0 Å². The van der Waals surface area contributed by atoms with Crippen molar-refractivity contribution in [3.05, 3.63) is 29.3 Å². The fraction of sp³-hybridized carbons (Fsp3) is 0.333. The molecule has 0 spiro atoms. The van der Waals surface area contributed by atoms with Crippen molar-refractivity contribution in [1.29, 1.82) is 0 Å². The summed E-state index contributed by atoms with van der Waals surface area (Å²) in [6, 6.07) is 2.21. The lowest BCUT2D eigenvalue weighted by molar-refractivity contribution is 0.191. The molecule has 3 N–H and O–H groups in total. The summed E-state index contributed by atoms with van der Waals surface area (Å²) in [5.41, 5.74) is 5.58. The molecule has 14 heavy (non-hydrogen) atoms. The number of hydrogen-bond donors (Lipinski definition) is 2. The van der Waals surface area contributed by atoms with E-state index < -0.39 is 17.4 Å². The van der Waals surface area contributed by atoms with Gasteiger partial charge >= 0.3 is 0 Å². The minimum absolute atomic E-state index is 0.0636. The second-order valence-corrected chi connectivity index (χ2v) is 2.66. The molecule has 1 rings (SSSR count). The average molecular weight is 203 g/mol. The van der Waals surface area contributed by atoms with Crippen molar-refractivity contribution in [2.24, 2.45) is 5.73 Å². The standard InChI is InChI=1S/C9H11F2NO2/c10-7-3-6(5-12)4-8(11)9(7)14-2-1-13/h3-4,13H,1-2,5,12H2. The molecule has 0 aliphatic carbocycles. The van der Waals surface area contributed by atoms with Gasteiger partial charge in [-0.2, -0.15) is 0 Å². The van der Waals surface area contributed by atoms with Crippen LogP contribution < -0.4 is 10.5 Å². The molecule has 78 valence electrons. The summed E-state index contributed by atoms with van der Waals surface area (Å²) in [4.78, 5) is 0. The molecule has 0 radical (unpaired) electrons. The predicted molar refractivity (Wildman–Crippen MR) is 46.8 cm³/mol. The Hall–Kier alpha value is -1.20. The Balaban J connectivity index is 2.93. The van der Waals surface area contributed by atoms with Gasteiger partial charge in [-0.05, 0) is 17.7 Å². The zero-order chi connectivity index (χ0) is 10.6. The van der Waals surface area contributed by atoms with Gasteiger partial charge in [0.2, 0.25) is 0 Å². The van der Waals surface area contributed by atoms with Crippen LogP contribution in [0.5, 0.6) is 5.75 Å². The van der Waals surface area contributed by atoms with Crippen LogP contribution in [0.25, 0.3) is 0 Å². The van der Waals surface area contributed by atoms with E-state index >= 15 is 0 Å². The highest BCUT2D eigenvalue weighted by molar-refractivity contribution is 5.31. The van der Waals surface area contributed by atoms with Crippen molar-refractivity contribution in [2.75, 3.05) is 13.2 Å². The molecular weight excluding hydrogens is 192 g/mol. The summed E-state index contributed by atoms with van der Waals surface area (Å²) < 4.78 is 30.9. The number of benzene rings is 1. The first-order valence-electron chi connectivity index (χ1n) is 4.10. The molecule has 1 aromatic rings. The van der Waals surface area contributed by atoms with Crippen LogP contribution in [0.4, 0.5) is 8.78 Å². The van der Waals surface area contributed by atoms with Gasteiger partial charge in [-0.25, -0.2) is 8.78 Å². The van der Waals surface area contributed by atoms with Crippen molar-refractivity contribution in [3.8, 4) is 5.75 Å². The monoisotopic (exact) mass is 203 g/mol. The minimum Gasteiger partial charge on any atom is -0.485 e. The molecule has 0 saturated heterocycles. The fourth-order valence-electron chi connectivity index (χ4n) is 1.02. The maximum absolute atomic E-state index is 13.1. The zero-order valence-corrected chi connectivity index (χ0v) is 7.46. The van der Waals surface area contributed by atoms with Gasteiger partial charge in [0.1, 0.15) is 6.61 Å². The van der Waals surface area contributed by atoms with Crippen LogP contribution in [0.15, 0.2) is 12.1 Å². The number of aliphatic hydroxyl groups excluding tert-OH is 1. The van der Waals surface area contributed by atoms with E-state index in [9.17, 15) is 8.78 Å². The SMILES string of the molecule is NCc1cc(F)c(OCCO)c(F)c1. The second kappa shape index (κ2) is 4.88. The van der Waals surface area contributed by atoms with Crippen LogP contribution in [0.2, 0.25) is 0 Å². The first-order valence-corrected chi connectivity index (χ1v) is 4.10. The van der Waals surface area contributed by atoms with Gasteiger partial charge in [-0.15, -0.1) is 0 Å². The number of rotatable bonds is 4. The van der Waals surface area contributed by atoms with Crippen LogP contribution in [0, 0.1) is 11.6 Å². The Labute approximate surface area is 80.1 Å². The molecule has 0 unspecified atom stereocenters. The maximum Gasteiger partial charge on any atom is 0.190 e. The molecule has 0 heterocycles. The van der Waals surface area contributed by atoms with Gasteiger partial charge < -0.3 is 15.6 Å². The molecule has 0 fully saturated rings. The summed E-state index contributed by atoms with van der Waals surface area (Å²) in [5, 5.41) is 8.42. The Kier molecular flexibility index (Phi) is 3.79. The van der Waals surface area contributed by atoms with Gasteiger partial charge in [-0.3, -0.25) is 0 Å². The van der Waals surface area contributed by atoms with Crippen LogP contribution in [0.3, 0.4) is 0 Å². The molecule has 0 aromatic heterocycles. The summed E-state index contributed by atoms with van der Waals surface area (Å²) >= 11 is 0. The summed E-state index contributed by atoms with van der Waals surface area (Å²) in [5.74, 6) is -2.09. The van der Waals surface area contributed by atoms with E-state index in [0.717, 1.165) is 12.1 Å². The summed E-state index contributed by atoms with van der Waals surface area (Å²) in [6.45, 7) is -0.374. The largest absolute Gasteiger partial charge is 0.485 e. The zero-order valence-electron chi connectivity index (χ0n) is 7.46. The van der Waals surface area contributed by atoms with E-state index in [0.29, 0.717) is 5.56 Å². The van der Waals surface area contributed by atoms with Crippen LogP contribution in [0.1, 0.15) is 5.56 Å². The Morgan fingerprint density at radius 2 is 1.86 bits per heavy atom. The lowest BCUT2D eigenvalue weighted by Crippen LogP contribution is -2.06. The summed E-state index contributed by atoms with van der Waals surface area (Å²) in [7, 11) is 0. The third kappa shape index (κ3) is 2.40. The summed E-state index contributed by atoms with van der Waals surface area (Å²) in [6.07, 6.45) is 0. The van der Waals surface area contributed by atoms with E-state index in [-0.39, 0.29) is 19.8 Å². The molecule has 0 bridgehead atoms. The molecule has 0 atom stereocenters. The predicted octanol–water partition coefficient (Wildman–Crippen LogP) is 0.795. The first kappa shape index (κ1) is 10.9. The maximum atomic E-state index is 13.1. The van der Waals surface area contributed by atoms with Crippen LogP contribution in [-0.2, 0) is 6.54 Å². The van der Waals surface area contributed by atoms with Crippen molar-refractivity contribution >= 4 is 0 Å². The van der Waals surface area contributed by atoms with E-state index in [4.69, 9.17) is 10.8 Å². The van der Waals surface area contributed by atoms with E-state index in [1.54, 1.807) is 0 Å². The topological polar surface area (TPSA) is 55.5 Å². The normalized spacial score (nSPS) is 10.3. The number of ether oxygens (including phenoxy) is 1. The van der Waals surface area contributed by atoms with Crippen molar-refractivity contribution in [2.45, 2.75) is 6.54 Å². The highest BCUT2D eigenvalue weighted by Gasteiger charge is 2.11. The highest BCUT2D eigenvalue weighted by Crippen LogP contribution is 2.22. The number of hydrogen-bond acceptors (Lipinski definition) is 3. The Morgan fingerprint density at radius 3 is 2.29 bits per heavy atom. The highest BCUT2D eigenvalue weighted by atomic mass is 19.1. The Bertz CT molecular complexity index is 295. The fourth-order valence-corrected chi connectivity index (χ4v) is 1.02. The van der Waals surface area contributed by atoms with Crippen molar-refractivity contribution < 1.29 is 18.6 Å². The van der Waals surface area contributed by atoms with Crippen LogP contribution in [-0.4, -0.2) is 18.3 Å². The molecule has 0 amide bonds. The molecule has 1 aromatic carbocycles. The smallest absolute Gasteiger partial charge is 0.190 e. The number of halogens is 2. The van der Waals surface area contributed by atoms with Gasteiger partial charge in [0.15, 0.2) is 17.4 Å².